The minimum absolute atomic E-state index is 0.845. The topological polar surface area (TPSA) is 34.2 Å². The van der Waals surface area contributed by atoms with Crippen molar-refractivity contribution >= 4 is 11.4 Å². The summed E-state index contributed by atoms with van der Waals surface area (Å²) < 4.78 is 5.96. The van der Waals surface area contributed by atoms with Crippen molar-refractivity contribution in [1.82, 2.24) is 4.98 Å². The van der Waals surface area contributed by atoms with Crippen LogP contribution in [0.2, 0.25) is 0 Å². The van der Waals surface area contributed by atoms with Gasteiger partial charge in [-0.1, -0.05) is 24.3 Å². The van der Waals surface area contributed by atoms with E-state index in [9.17, 15) is 0 Å². The van der Waals surface area contributed by atoms with E-state index in [2.05, 4.69) is 16.4 Å². The highest BCUT2D eigenvalue weighted by molar-refractivity contribution is 5.88. The number of benzene rings is 2. The van der Waals surface area contributed by atoms with Crippen molar-refractivity contribution in [2.45, 2.75) is 0 Å². The first-order valence-corrected chi connectivity index (χ1v) is 6.49. The van der Waals surface area contributed by atoms with E-state index in [-0.39, 0.29) is 0 Å². The van der Waals surface area contributed by atoms with Crippen LogP contribution in [0.25, 0.3) is 11.1 Å². The molecule has 0 bridgehead atoms. The van der Waals surface area contributed by atoms with Gasteiger partial charge in [-0.05, 0) is 35.9 Å². The molecule has 20 heavy (non-hydrogen) atoms. The maximum atomic E-state index is 5.96. The van der Waals surface area contributed by atoms with Crippen molar-refractivity contribution in [3.63, 3.8) is 0 Å². The summed E-state index contributed by atoms with van der Waals surface area (Å²) in [6, 6.07) is 18.0. The molecule has 96 valence electrons. The highest BCUT2D eigenvalue weighted by atomic mass is 16.5. The van der Waals surface area contributed by atoms with Gasteiger partial charge in [0, 0.05) is 18.0 Å². The molecule has 3 heteroatoms. The SMILES string of the molecule is c1ccc2c(c1)Nc1c(cccc1-c1ccncc1)O2. The lowest BCUT2D eigenvalue weighted by Crippen LogP contribution is -2.03. The summed E-state index contributed by atoms with van der Waals surface area (Å²) in [7, 11) is 0. The first-order chi connectivity index (χ1) is 9.92. The van der Waals surface area contributed by atoms with Gasteiger partial charge in [0.1, 0.15) is 0 Å². The number of pyridine rings is 1. The van der Waals surface area contributed by atoms with Crippen LogP contribution in [0.3, 0.4) is 0 Å². The van der Waals surface area contributed by atoms with Gasteiger partial charge >= 0.3 is 0 Å². The molecule has 1 aliphatic heterocycles. The number of para-hydroxylation sites is 3. The minimum atomic E-state index is 0.845. The summed E-state index contributed by atoms with van der Waals surface area (Å²) in [6.07, 6.45) is 3.60. The van der Waals surface area contributed by atoms with Gasteiger partial charge in [0.15, 0.2) is 11.5 Å². The Bertz CT molecular complexity index is 769. The lowest BCUT2D eigenvalue weighted by Gasteiger charge is -2.23. The van der Waals surface area contributed by atoms with Crippen molar-refractivity contribution in [2.24, 2.45) is 0 Å². The number of hydrogen-bond acceptors (Lipinski definition) is 3. The van der Waals surface area contributed by atoms with Gasteiger partial charge in [0.2, 0.25) is 0 Å². The van der Waals surface area contributed by atoms with E-state index in [1.807, 2.05) is 48.5 Å². The molecule has 0 saturated heterocycles. The van der Waals surface area contributed by atoms with Crippen molar-refractivity contribution in [3.05, 3.63) is 67.0 Å². The zero-order valence-corrected chi connectivity index (χ0v) is 10.7. The number of rotatable bonds is 1. The molecule has 0 spiro atoms. The van der Waals surface area contributed by atoms with Crippen LogP contribution < -0.4 is 10.1 Å². The quantitative estimate of drug-likeness (QED) is 0.543. The lowest BCUT2D eigenvalue weighted by atomic mass is 10.0. The van der Waals surface area contributed by atoms with Crippen LogP contribution in [0, 0.1) is 0 Å². The van der Waals surface area contributed by atoms with Gasteiger partial charge < -0.3 is 10.1 Å². The van der Waals surface area contributed by atoms with Crippen LogP contribution in [0.5, 0.6) is 11.5 Å². The van der Waals surface area contributed by atoms with E-state index < -0.39 is 0 Å². The first kappa shape index (κ1) is 11.1. The Morgan fingerprint density at radius 2 is 1.60 bits per heavy atom. The van der Waals surface area contributed by atoms with Gasteiger partial charge in [-0.25, -0.2) is 0 Å². The molecule has 1 aromatic heterocycles. The summed E-state index contributed by atoms with van der Waals surface area (Å²) in [5.41, 5.74) is 4.21. The van der Waals surface area contributed by atoms with E-state index in [4.69, 9.17) is 4.74 Å². The molecule has 0 radical (unpaired) electrons. The zero-order valence-electron chi connectivity index (χ0n) is 10.7. The fraction of sp³-hybridized carbons (Fsp3) is 0. The molecule has 1 N–H and O–H groups in total. The average Bonchev–Trinajstić information content (AvgIpc) is 2.53. The lowest BCUT2D eigenvalue weighted by molar-refractivity contribution is 0.481. The van der Waals surface area contributed by atoms with Crippen LogP contribution in [-0.4, -0.2) is 4.98 Å². The Hall–Kier alpha value is -2.81. The van der Waals surface area contributed by atoms with E-state index in [1.54, 1.807) is 12.4 Å². The van der Waals surface area contributed by atoms with E-state index >= 15 is 0 Å². The number of fused-ring (bicyclic) bond motifs is 2. The molecule has 4 rings (SSSR count). The Morgan fingerprint density at radius 3 is 2.50 bits per heavy atom. The summed E-state index contributed by atoms with van der Waals surface area (Å²) in [6.45, 7) is 0. The number of aromatic nitrogens is 1. The molecule has 0 aliphatic carbocycles. The molecule has 2 aromatic carbocycles. The number of nitrogens with zero attached hydrogens (tertiary/aromatic N) is 1. The smallest absolute Gasteiger partial charge is 0.151 e. The van der Waals surface area contributed by atoms with Gasteiger partial charge in [0.05, 0.1) is 11.4 Å². The maximum absolute atomic E-state index is 5.96. The fourth-order valence-electron chi connectivity index (χ4n) is 2.43. The molecule has 0 amide bonds. The molecule has 0 atom stereocenters. The van der Waals surface area contributed by atoms with Gasteiger partial charge in [-0.15, -0.1) is 0 Å². The predicted molar refractivity (Wildman–Crippen MR) is 79.5 cm³/mol. The largest absolute Gasteiger partial charge is 0.453 e. The monoisotopic (exact) mass is 260 g/mol. The minimum Gasteiger partial charge on any atom is -0.453 e. The number of ether oxygens (including phenoxy) is 1. The highest BCUT2D eigenvalue weighted by Gasteiger charge is 2.19. The molecular weight excluding hydrogens is 248 g/mol. The summed E-state index contributed by atoms with van der Waals surface area (Å²) >= 11 is 0. The molecule has 0 saturated carbocycles. The van der Waals surface area contributed by atoms with Crippen LogP contribution in [0.15, 0.2) is 67.0 Å². The van der Waals surface area contributed by atoms with Gasteiger partial charge in [-0.2, -0.15) is 0 Å². The van der Waals surface area contributed by atoms with E-state index in [0.717, 1.165) is 34.0 Å². The Labute approximate surface area is 116 Å². The molecule has 3 nitrogen and oxygen atoms in total. The average molecular weight is 260 g/mol. The maximum Gasteiger partial charge on any atom is 0.151 e. The summed E-state index contributed by atoms with van der Waals surface area (Å²) in [5, 5.41) is 3.46. The van der Waals surface area contributed by atoms with Crippen LogP contribution >= 0.6 is 0 Å². The molecule has 0 fully saturated rings. The van der Waals surface area contributed by atoms with Gasteiger partial charge in [0.25, 0.3) is 0 Å². The molecule has 1 aliphatic rings. The Morgan fingerprint density at radius 1 is 0.800 bits per heavy atom. The van der Waals surface area contributed by atoms with E-state index in [1.165, 1.54) is 0 Å². The third-order valence-corrected chi connectivity index (χ3v) is 3.38. The Kier molecular flexibility index (Phi) is 2.42. The number of hydrogen-bond donors (Lipinski definition) is 1. The van der Waals surface area contributed by atoms with Gasteiger partial charge in [-0.3, -0.25) is 4.98 Å². The van der Waals surface area contributed by atoms with Crippen molar-refractivity contribution in [2.75, 3.05) is 5.32 Å². The normalized spacial score (nSPS) is 11.8. The van der Waals surface area contributed by atoms with Crippen molar-refractivity contribution in [1.29, 1.82) is 0 Å². The predicted octanol–water partition coefficient (Wildman–Crippen LogP) is 4.60. The second kappa shape index (κ2) is 4.38. The Balaban J connectivity index is 1.87. The molecule has 2 heterocycles. The summed E-state index contributed by atoms with van der Waals surface area (Å²) in [5.74, 6) is 1.70. The molecular formula is C17H12N2O. The van der Waals surface area contributed by atoms with E-state index in [0.29, 0.717) is 0 Å². The molecule has 3 aromatic rings. The third kappa shape index (κ3) is 1.72. The number of anilines is 2. The standard InChI is InChI=1S/C17H12N2O/c1-2-6-15-14(5-1)19-17-13(4-3-7-16(17)20-15)12-8-10-18-11-9-12/h1-11,19H. The summed E-state index contributed by atoms with van der Waals surface area (Å²) in [4.78, 5) is 4.07. The molecule has 0 unspecified atom stereocenters. The van der Waals surface area contributed by atoms with Crippen LogP contribution in [-0.2, 0) is 0 Å². The zero-order chi connectivity index (χ0) is 13.4. The number of nitrogens with one attached hydrogen (secondary N) is 1. The highest BCUT2D eigenvalue weighted by Crippen LogP contribution is 2.45. The van der Waals surface area contributed by atoms with Crippen LogP contribution in [0.4, 0.5) is 11.4 Å². The van der Waals surface area contributed by atoms with Crippen LogP contribution in [0.1, 0.15) is 0 Å². The van der Waals surface area contributed by atoms with Crippen molar-refractivity contribution < 1.29 is 4.74 Å². The fourth-order valence-corrected chi connectivity index (χ4v) is 2.43. The second-order valence-electron chi connectivity index (χ2n) is 4.64. The first-order valence-electron chi connectivity index (χ1n) is 6.49. The van der Waals surface area contributed by atoms with Crippen molar-refractivity contribution in [3.8, 4) is 22.6 Å². The second-order valence-corrected chi connectivity index (χ2v) is 4.64. The third-order valence-electron chi connectivity index (χ3n) is 3.38.